The number of methoxy groups -OCH3 is 1. The average molecular weight is 262 g/mol. The molecule has 3 heteroatoms. The highest BCUT2D eigenvalue weighted by Gasteiger charge is 2.41. The molecule has 2 aliphatic rings. The number of esters is 1. The molecule has 1 fully saturated rings. The molecule has 104 valence electrons. The van der Waals surface area contributed by atoms with Gasteiger partial charge in [-0.05, 0) is 49.5 Å². The highest BCUT2D eigenvalue weighted by molar-refractivity contribution is 5.97. The van der Waals surface area contributed by atoms with Crippen LogP contribution in [0.2, 0.25) is 0 Å². The van der Waals surface area contributed by atoms with Gasteiger partial charge < -0.3 is 4.74 Å². The average Bonchev–Trinajstić information content (AvgIpc) is 2.41. The number of fused-ring (bicyclic) bond motifs is 1. The van der Waals surface area contributed by atoms with Gasteiger partial charge in [-0.3, -0.25) is 4.79 Å². The third-order valence-electron chi connectivity index (χ3n) is 4.94. The summed E-state index contributed by atoms with van der Waals surface area (Å²) in [5, 5.41) is 0. The normalized spacial score (nSPS) is 30.9. The van der Waals surface area contributed by atoms with Crippen molar-refractivity contribution in [1.29, 1.82) is 0 Å². The Morgan fingerprint density at radius 2 is 2.11 bits per heavy atom. The maximum atomic E-state index is 11.9. The molecule has 0 spiro atoms. The number of ether oxygens (including phenoxy) is 1. The summed E-state index contributed by atoms with van der Waals surface area (Å²) in [5.41, 5.74) is 2.84. The summed E-state index contributed by atoms with van der Waals surface area (Å²) in [6.07, 6.45) is 4.36. The number of rotatable bonds is 2. The van der Waals surface area contributed by atoms with Gasteiger partial charge in [0.15, 0.2) is 5.78 Å². The van der Waals surface area contributed by atoms with Crippen LogP contribution >= 0.6 is 0 Å². The monoisotopic (exact) mass is 262 g/mol. The molecule has 0 bridgehead atoms. The second-order valence-electron chi connectivity index (χ2n) is 6.04. The minimum absolute atomic E-state index is 0.122. The summed E-state index contributed by atoms with van der Waals surface area (Å²) < 4.78 is 4.75. The lowest BCUT2D eigenvalue weighted by Crippen LogP contribution is -2.34. The zero-order valence-corrected chi connectivity index (χ0v) is 12.0. The van der Waals surface area contributed by atoms with E-state index in [-0.39, 0.29) is 23.1 Å². The molecule has 0 N–H and O–H groups in total. The van der Waals surface area contributed by atoms with Crippen LogP contribution in [0.25, 0.3) is 0 Å². The van der Waals surface area contributed by atoms with Crippen LogP contribution in [0, 0.1) is 11.3 Å². The van der Waals surface area contributed by atoms with Gasteiger partial charge in [0, 0.05) is 12.0 Å². The van der Waals surface area contributed by atoms with Gasteiger partial charge in [0.05, 0.1) is 7.11 Å². The van der Waals surface area contributed by atoms with Crippen LogP contribution in [0.1, 0.15) is 46.0 Å². The van der Waals surface area contributed by atoms with E-state index in [0.29, 0.717) is 12.0 Å². The molecule has 0 aromatic rings. The lowest BCUT2D eigenvalue weighted by molar-refractivity contribution is -0.136. The quantitative estimate of drug-likeness (QED) is 0.567. The van der Waals surface area contributed by atoms with Gasteiger partial charge in [-0.15, -0.1) is 0 Å². The summed E-state index contributed by atoms with van der Waals surface area (Å²) in [6, 6.07) is 0. The molecule has 0 saturated heterocycles. The molecule has 2 atom stereocenters. The number of Topliss-reactive ketones (excluding diaryl/α,β-unsaturated/α-hetero) is 1. The first kappa shape index (κ1) is 14.0. The zero-order valence-electron chi connectivity index (χ0n) is 12.0. The fourth-order valence-corrected chi connectivity index (χ4v) is 3.46. The fourth-order valence-electron chi connectivity index (χ4n) is 3.46. The molecule has 2 aliphatic carbocycles. The lowest BCUT2D eigenvalue weighted by Gasteiger charge is -2.43. The van der Waals surface area contributed by atoms with Crippen molar-refractivity contribution in [2.75, 3.05) is 7.11 Å². The Labute approximate surface area is 114 Å². The van der Waals surface area contributed by atoms with Crippen molar-refractivity contribution in [3.8, 4) is 0 Å². The summed E-state index contributed by atoms with van der Waals surface area (Å²) in [5.74, 6) is 0.0576. The van der Waals surface area contributed by atoms with Crippen molar-refractivity contribution in [2.45, 2.75) is 46.0 Å². The predicted molar refractivity (Wildman–Crippen MR) is 73.5 cm³/mol. The molecule has 0 amide bonds. The third-order valence-corrected chi connectivity index (χ3v) is 4.94. The summed E-state index contributed by atoms with van der Waals surface area (Å²) in [7, 11) is 1.38. The highest BCUT2D eigenvalue weighted by atomic mass is 16.5. The Kier molecular flexibility index (Phi) is 3.66. The van der Waals surface area contributed by atoms with E-state index in [2.05, 4.69) is 13.5 Å². The second kappa shape index (κ2) is 4.95. The molecule has 1 saturated carbocycles. The predicted octanol–water partition coefficient (Wildman–Crippen LogP) is 3.20. The summed E-state index contributed by atoms with van der Waals surface area (Å²) >= 11 is 0. The number of ketones is 1. The van der Waals surface area contributed by atoms with Crippen LogP contribution in [0.3, 0.4) is 0 Å². The molecular weight excluding hydrogens is 240 g/mol. The van der Waals surface area contributed by atoms with E-state index in [9.17, 15) is 9.59 Å². The maximum absolute atomic E-state index is 11.9. The first-order chi connectivity index (χ1) is 8.89. The van der Waals surface area contributed by atoms with Crippen LogP contribution in [0.4, 0.5) is 0 Å². The van der Waals surface area contributed by atoms with Crippen LogP contribution in [0.5, 0.6) is 0 Å². The summed E-state index contributed by atoms with van der Waals surface area (Å²) in [6.45, 7) is 8.05. The van der Waals surface area contributed by atoms with E-state index < -0.39 is 0 Å². The Balaban J connectivity index is 2.26. The Hall–Kier alpha value is -1.38. The Morgan fingerprint density at radius 1 is 1.42 bits per heavy atom. The van der Waals surface area contributed by atoms with Gasteiger partial charge in [-0.2, -0.15) is 0 Å². The van der Waals surface area contributed by atoms with Crippen molar-refractivity contribution in [3.05, 3.63) is 23.3 Å². The van der Waals surface area contributed by atoms with Gasteiger partial charge in [0.1, 0.15) is 0 Å². The highest BCUT2D eigenvalue weighted by Crippen LogP contribution is 2.51. The second-order valence-corrected chi connectivity index (χ2v) is 6.04. The number of carbonyl (C=O) groups excluding carboxylic acids is 2. The Morgan fingerprint density at radius 3 is 2.74 bits per heavy atom. The minimum Gasteiger partial charge on any atom is -0.466 e. The molecular formula is C16H22O3. The molecule has 0 aliphatic heterocycles. The van der Waals surface area contributed by atoms with Gasteiger partial charge >= 0.3 is 5.97 Å². The molecule has 0 heterocycles. The lowest BCUT2D eigenvalue weighted by atomic mass is 9.60. The van der Waals surface area contributed by atoms with E-state index >= 15 is 0 Å². The van der Waals surface area contributed by atoms with Crippen molar-refractivity contribution in [1.82, 2.24) is 0 Å². The number of hydrogen-bond donors (Lipinski definition) is 0. The van der Waals surface area contributed by atoms with Crippen LogP contribution < -0.4 is 0 Å². The minimum atomic E-state index is -0.325. The first-order valence-electron chi connectivity index (χ1n) is 6.89. The Bertz CT molecular complexity index is 472. The third kappa shape index (κ3) is 2.38. The van der Waals surface area contributed by atoms with Crippen LogP contribution in [-0.4, -0.2) is 18.9 Å². The van der Waals surface area contributed by atoms with Gasteiger partial charge in [0.2, 0.25) is 0 Å². The molecule has 0 radical (unpaired) electrons. The van der Waals surface area contributed by atoms with E-state index in [4.69, 9.17) is 4.74 Å². The smallest absolute Gasteiger partial charge is 0.333 e. The van der Waals surface area contributed by atoms with E-state index in [0.717, 1.165) is 31.3 Å². The van der Waals surface area contributed by atoms with Crippen molar-refractivity contribution in [3.63, 3.8) is 0 Å². The maximum Gasteiger partial charge on any atom is 0.333 e. The van der Waals surface area contributed by atoms with Gasteiger partial charge in [0.25, 0.3) is 0 Å². The topological polar surface area (TPSA) is 43.4 Å². The molecule has 2 rings (SSSR count). The SMILES string of the molecule is C=C(C(=O)OC)C1CC[C@@]2(C)CCC(=O)C(C)=C2C1. The number of allylic oxidation sites excluding steroid dienone is 2. The van der Waals surface area contributed by atoms with Crippen molar-refractivity contribution in [2.24, 2.45) is 11.3 Å². The van der Waals surface area contributed by atoms with Crippen LogP contribution in [0.15, 0.2) is 23.3 Å². The standard InChI is InChI=1S/C16H22O3/c1-10(15(18)19-4)12-5-7-16(3)8-6-14(17)11(2)13(16)9-12/h12H,1,5-9H2,2-4H3/t12?,16-/m0/s1. The number of hydrogen-bond acceptors (Lipinski definition) is 3. The largest absolute Gasteiger partial charge is 0.466 e. The fraction of sp³-hybridized carbons (Fsp3) is 0.625. The van der Waals surface area contributed by atoms with E-state index in [1.165, 1.54) is 12.7 Å². The summed E-state index contributed by atoms with van der Waals surface area (Å²) in [4.78, 5) is 23.5. The zero-order chi connectivity index (χ0) is 14.2. The first-order valence-corrected chi connectivity index (χ1v) is 6.89. The molecule has 3 nitrogen and oxygen atoms in total. The molecule has 19 heavy (non-hydrogen) atoms. The molecule has 0 aromatic heterocycles. The number of carbonyl (C=O) groups is 2. The molecule has 0 aromatic carbocycles. The van der Waals surface area contributed by atoms with E-state index in [1.807, 2.05) is 6.92 Å². The van der Waals surface area contributed by atoms with E-state index in [1.54, 1.807) is 0 Å². The van der Waals surface area contributed by atoms with Gasteiger partial charge in [-0.1, -0.05) is 19.1 Å². The van der Waals surface area contributed by atoms with Crippen molar-refractivity contribution < 1.29 is 14.3 Å². The van der Waals surface area contributed by atoms with Crippen molar-refractivity contribution >= 4 is 11.8 Å². The van der Waals surface area contributed by atoms with Crippen LogP contribution in [-0.2, 0) is 14.3 Å². The van der Waals surface area contributed by atoms with Gasteiger partial charge in [-0.25, -0.2) is 4.79 Å². The molecule has 1 unspecified atom stereocenters.